The van der Waals surface area contributed by atoms with E-state index in [1.54, 1.807) is 41.5 Å². The van der Waals surface area contributed by atoms with Crippen LogP contribution in [0.15, 0.2) is 0 Å². The van der Waals surface area contributed by atoms with E-state index in [9.17, 15) is 0 Å². The van der Waals surface area contributed by atoms with Gasteiger partial charge in [0.2, 0.25) is 0 Å². The molecule has 1 saturated heterocycles. The van der Waals surface area contributed by atoms with E-state index in [-0.39, 0.29) is 47.5 Å². The van der Waals surface area contributed by atoms with Crippen LogP contribution in [0, 0.1) is 7.43 Å². The first-order valence-corrected chi connectivity index (χ1v) is 6.79. The summed E-state index contributed by atoms with van der Waals surface area (Å²) in [6.07, 6.45) is 2.68. The van der Waals surface area contributed by atoms with Crippen molar-refractivity contribution in [2.24, 2.45) is 0 Å². The second kappa shape index (κ2) is 24.6. The predicted octanol–water partition coefficient (Wildman–Crippen LogP) is 2.79. The number of epoxide rings is 1. The Kier molecular flexibility index (Phi) is 39.9. The monoisotopic (exact) mass is 329 g/mol. The molecular weight excluding hydrogens is 292 g/mol. The summed E-state index contributed by atoms with van der Waals surface area (Å²) in [4.78, 5) is 0. The Labute approximate surface area is 141 Å². The maximum atomic E-state index is 8.06. The van der Waals surface area contributed by atoms with Crippen LogP contribution in [-0.4, -0.2) is 46.3 Å². The van der Waals surface area contributed by atoms with Gasteiger partial charge in [-0.3, -0.25) is 0 Å². The van der Waals surface area contributed by atoms with Gasteiger partial charge in [0.1, 0.15) is 0 Å². The molecule has 0 aromatic rings. The van der Waals surface area contributed by atoms with Gasteiger partial charge < -0.3 is 27.5 Å². The van der Waals surface area contributed by atoms with E-state index in [2.05, 4.69) is 6.92 Å². The normalized spacial score (nSPS) is 14.6. The summed E-state index contributed by atoms with van der Waals surface area (Å²) >= 11 is 0. The molecule has 4 nitrogen and oxygen atoms in total. The van der Waals surface area contributed by atoms with Gasteiger partial charge >= 0.3 is 0 Å². The van der Waals surface area contributed by atoms with Crippen molar-refractivity contribution in [1.82, 2.24) is 0 Å². The van der Waals surface area contributed by atoms with E-state index in [1.807, 2.05) is 0 Å². The Morgan fingerprint density at radius 2 is 1.10 bits per heavy atom. The maximum absolute atomic E-state index is 8.06. The molecule has 0 spiro atoms. The van der Waals surface area contributed by atoms with E-state index >= 15 is 0 Å². The van der Waals surface area contributed by atoms with Crippen molar-refractivity contribution in [3.8, 4) is 0 Å². The van der Waals surface area contributed by atoms with Crippen LogP contribution in [0.3, 0.4) is 0 Å². The van der Waals surface area contributed by atoms with Gasteiger partial charge in [-0.1, -0.05) is 13.3 Å². The summed E-state index contributed by atoms with van der Waals surface area (Å²) in [5, 5.41) is 24.2. The molecule has 1 atom stereocenters. The Morgan fingerprint density at radius 3 is 1.15 bits per heavy atom. The number of hydrogen-bond donors (Lipinski definition) is 3. The zero-order chi connectivity index (χ0) is 15.1. The van der Waals surface area contributed by atoms with Gasteiger partial charge in [0.25, 0.3) is 0 Å². The third-order valence-corrected chi connectivity index (χ3v) is 1.01. The van der Waals surface area contributed by atoms with Crippen LogP contribution in [0.25, 0.3) is 0 Å². The molecule has 1 aliphatic heterocycles. The van der Waals surface area contributed by atoms with Crippen molar-refractivity contribution in [2.45, 2.75) is 85.7 Å². The zero-order valence-corrected chi connectivity index (χ0v) is 16.2. The minimum absolute atomic E-state index is 0. The second-order valence-corrected chi connectivity index (χ2v) is 5.03. The number of aliphatic hydroxyl groups excluding tert-OH is 3. The molecule has 126 valence electrons. The van der Waals surface area contributed by atoms with Crippen molar-refractivity contribution < 1.29 is 41.8 Å². The fraction of sp³-hybridized carbons (Fsp3) is 0.933. The van der Waals surface area contributed by atoms with E-state index in [0.29, 0.717) is 6.10 Å². The van der Waals surface area contributed by atoms with Gasteiger partial charge in [0.05, 0.1) is 12.7 Å². The largest absolute Gasteiger partial charge is 0.394 e. The Balaban J connectivity index is -0.0000000496. The van der Waals surface area contributed by atoms with Crippen molar-refractivity contribution in [2.75, 3.05) is 6.61 Å². The summed E-state index contributed by atoms with van der Waals surface area (Å²) in [7, 11) is 0. The smallest absolute Gasteiger partial charge is 0.0809 e. The minimum Gasteiger partial charge on any atom is -0.394 e. The van der Waals surface area contributed by atoms with Crippen LogP contribution >= 0.6 is 0 Å². The summed E-state index contributed by atoms with van der Waals surface area (Å²) in [6.45, 7) is 13.5. The first kappa shape index (κ1) is 32.5. The Bertz CT molecular complexity index is 115. The number of rotatable bonds is 2. The fourth-order valence-corrected chi connectivity index (χ4v) is 0.557. The SMILES string of the molecule is CC(C)O.CC(C)O.CC(C)O.CCCC1CO1.[CH3-].[Ti]. The van der Waals surface area contributed by atoms with E-state index in [0.717, 1.165) is 6.61 Å². The molecule has 0 aliphatic carbocycles. The first-order valence-electron chi connectivity index (χ1n) is 6.79. The van der Waals surface area contributed by atoms with Gasteiger partial charge in [0.15, 0.2) is 0 Å². The van der Waals surface area contributed by atoms with Crippen LogP contribution < -0.4 is 0 Å². The fourth-order valence-electron chi connectivity index (χ4n) is 0.557. The molecule has 0 aromatic heterocycles. The standard InChI is InChI=1S/C5H10O.3C3H8O.CH3.Ti/c1-2-3-5-4-6-5;3*1-3(2)4;;/h5H,2-4H2,1H3;3*3-4H,1-2H3;1H3;/q;;;;-1;. The summed E-state index contributed by atoms with van der Waals surface area (Å²) in [6, 6.07) is 0. The van der Waals surface area contributed by atoms with E-state index in [1.165, 1.54) is 12.8 Å². The molecular formula is C15H37O4Ti-. The molecule has 3 N–H and O–H groups in total. The molecule has 0 bridgehead atoms. The number of hydrogen-bond acceptors (Lipinski definition) is 4. The molecule has 1 unspecified atom stereocenters. The first-order chi connectivity index (χ1) is 8.13. The average molecular weight is 329 g/mol. The third kappa shape index (κ3) is 133. The Morgan fingerprint density at radius 1 is 0.900 bits per heavy atom. The van der Waals surface area contributed by atoms with Gasteiger partial charge in [-0.15, -0.1) is 0 Å². The molecule has 0 aromatic carbocycles. The maximum Gasteiger partial charge on any atom is 0.0809 e. The molecule has 1 aliphatic rings. The van der Waals surface area contributed by atoms with Crippen molar-refractivity contribution >= 4 is 0 Å². The quantitative estimate of drug-likeness (QED) is 0.414. The van der Waals surface area contributed by atoms with E-state index < -0.39 is 0 Å². The third-order valence-electron chi connectivity index (χ3n) is 1.01. The van der Waals surface area contributed by atoms with Crippen molar-refractivity contribution in [1.29, 1.82) is 0 Å². The molecule has 0 amide bonds. The predicted molar refractivity (Wildman–Crippen MR) is 83.1 cm³/mol. The summed E-state index contributed by atoms with van der Waals surface area (Å²) < 4.78 is 4.95. The molecule has 20 heavy (non-hydrogen) atoms. The molecule has 1 heterocycles. The van der Waals surface area contributed by atoms with Crippen molar-refractivity contribution in [3.63, 3.8) is 0 Å². The van der Waals surface area contributed by atoms with Crippen molar-refractivity contribution in [3.05, 3.63) is 7.43 Å². The summed E-state index contributed by atoms with van der Waals surface area (Å²) in [5.41, 5.74) is 0. The van der Waals surface area contributed by atoms with Crippen LogP contribution in [0.1, 0.15) is 61.3 Å². The van der Waals surface area contributed by atoms with Gasteiger partial charge in [-0.05, 0) is 48.0 Å². The molecule has 0 saturated carbocycles. The number of aliphatic hydroxyl groups is 3. The average Bonchev–Trinajstić information content (AvgIpc) is 2.84. The molecule has 5 heteroatoms. The minimum atomic E-state index is -0.167. The zero-order valence-electron chi connectivity index (χ0n) is 14.7. The second-order valence-electron chi connectivity index (χ2n) is 5.03. The molecule has 1 fully saturated rings. The summed E-state index contributed by atoms with van der Waals surface area (Å²) in [5.74, 6) is 0. The molecule has 1 rings (SSSR count). The topological polar surface area (TPSA) is 73.2 Å². The van der Waals surface area contributed by atoms with Crippen LogP contribution in [0.2, 0.25) is 0 Å². The van der Waals surface area contributed by atoms with Crippen LogP contribution in [0.4, 0.5) is 0 Å². The van der Waals surface area contributed by atoms with Gasteiger partial charge in [0, 0.05) is 40.0 Å². The molecule has 0 radical (unpaired) electrons. The van der Waals surface area contributed by atoms with Gasteiger partial charge in [-0.25, -0.2) is 0 Å². The van der Waals surface area contributed by atoms with Crippen LogP contribution in [-0.2, 0) is 26.5 Å². The van der Waals surface area contributed by atoms with Gasteiger partial charge in [-0.2, -0.15) is 0 Å². The van der Waals surface area contributed by atoms with Crippen LogP contribution in [0.5, 0.6) is 0 Å². The van der Waals surface area contributed by atoms with E-state index in [4.69, 9.17) is 20.1 Å². The number of ether oxygens (including phenoxy) is 1. The Hall–Kier alpha value is 0.554.